The zero-order chi connectivity index (χ0) is 13.8. The molecule has 0 aliphatic heterocycles. The highest BCUT2D eigenvalue weighted by Gasteiger charge is 2.10. The van der Waals surface area contributed by atoms with Crippen molar-refractivity contribution in [2.45, 2.75) is 19.4 Å². The van der Waals surface area contributed by atoms with Crippen LogP contribution in [0, 0.1) is 11.3 Å². The van der Waals surface area contributed by atoms with Gasteiger partial charge in [-0.2, -0.15) is 5.26 Å². The summed E-state index contributed by atoms with van der Waals surface area (Å²) >= 11 is 0. The van der Waals surface area contributed by atoms with E-state index in [0.29, 0.717) is 5.69 Å². The number of nitrogens with two attached hydrogens (primary N) is 1. The molecule has 3 N–H and O–H groups in total. The van der Waals surface area contributed by atoms with Gasteiger partial charge in [-0.05, 0) is 30.7 Å². The number of hydrogen-bond donors (Lipinski definition) is 2. The summed E-state index contributed by atoms with van der Waals surface area (Å²) in [5.41, 5.74) is 7.81. The number of nitrogens with one attached hydrogen (secondary N) is 1. The summed E-state index contributed by atoms with van der Waals surface area (Å²) in [4.78, 5) is 0. The summed E-state index contributed by atoms with van der Waals surface area (Å²) < 4.78 is 22.3. The van der Waals surface area contributed by atoms with Gasteiger partial charge in [-0.1, -0.05) is 0 Å². The maximum absolute atomic E-state index is 11.2. The van der Waals surface area contributed by atoms with Crippen molar-refractivity contribution in [3.8, 4) is 6.07 Å². The minimum absolute atomic E-state index is 0.0605. The second-order valence-electron chi connectivity index (χ2n) is 4.39. The molecule has 18 heavy (non-hydrogen) atoms. The third-order valence-corrected chi connectivity index (χ3v) is 3.48. The Hall–Kier alpha value is -1.74. The van der Waals surface area contributed by atoms with Gasteiger partial charge in [0.15, 0.2) is 0 Å². The van der Waals surface area contributed by atoms with Crippen LogP contribution in [-0.4, -0.2) is 26.5 Å². The number of hydrogen-bond acceptors (Lipinski definition) is 5. The standard InChI is InChI=1S/C12H17N3O2S/c1-9(8-18(2,16)17)15-11-3-4-12(14)10(7-11)5-6-13/h3-4,7,9,15H,5,8,14H2,1-2H3. The molecule has 1 unspecified atom stereocenters. The molecule has 0 saturated carbocycles. The number of rotatable bonds is 5. The lowest BCUT2D eigenvalue weighted by atomic mass is 10.1. The normalized spacial score (nSPS) is 12.7. The van der Waals surface area contributed by atoms with Gasteiger partial charge in [0, 0.05) is 23.7 Å². The lowest BCUT2D eigenvalue weighted by Gasteiger charge is -2.15. The van der Waals surface area contributed by atoms with Gasteiger partial charge >= 0.3 is 0 Å². The van der Waals surface area contributed by atoms with Crippen LogP contribution in [-0.2, 0) is 16.3 Å². The van der Waals surface area contributed by atoms with Crippen LogP contribution in [0.15, 0.2) is 18.2 Å². The first kappa shape index (κ1) is 14.3. The van der Waals surface area contributed by atoms with E-state index in [2.05, 4.69) is 5.32 Å². The predicted octanol–water partition coefficient (Wildman–Crippen LogP) is 1.18. The maximum atomic E-state index is 11.2. The summed E-state index contributed by atoms with van der Waals surface area (Å²) in [6, 6.07) is 7.10. The Kier molecular flexibility index (Phi) is 4.56. The summed E-state index contributed by atoms with van der Waals surface area (Å²) in [5, 5.41) is 11.7. The third kappa shape index (κ3) is 4.63. The van der Waals surface area contributed by atoms with Crippen LogP contribution in [0.3, 0.4) is 0 Å². The first-order valence-electron chi connectivity index (χ1n) is 5.51. The predicted molar refractivity (Wildman–Crippen MR) is 73.0 cm³/mol. The second kappa shape index (κ2) is 5.74. The van der Waals surface area contributed by atoms with Crippen molar-refractivity contribution in [2.75, 3.05) is 23.1 Å². The van der Waals surface area contributed by atoms with Crippen molar-refractivity contribution in [1.82, 2.24) is 0 Å². The molecule has 0 heterocycles. The van der Waals surface area contributed by atoms with Crippen LogP contribution in [0.25, 0.3) is 0 Å². The van der Waals surface area contributed by atoms with Crippen LogP contribution in [0.4, 0.5) is 11.4 Å². The van der Waals surface area contributed by atoms with Gasteiger partial charge in [-0.3, -0.25) is 0 Å². The molecule has 1 rings (SSSR count). The monoisotopic (exact) mass is 267 g/mol. The van der Waals surface area contributed by atoms with Gasteiger partial charge in [-0.25, -0.2) is 8.42 Å². The summed E-state index contributed by atoms with van der Waals surface area (Å²) in [7, 11) is -3.01. The Morgan fingerprint density at radius 2 is 2.17 bits per heavy atom. The Balaban J connectivity index is 2.80. The maximum Gasteiger partial charge on any atom is 0.149 e. The van der Waals surface area contributed by atoms with E-state index in [-0.39, 0.29) is 18.2 Å². The summed E-state index contributed by atoms with van der Waals surface area (Å²) in [6.07, 6.45) is 1.44. The molecule has 5 nitrogen and oxygen atoms in total. The third-order valence-electron chi connectivity index (χ3n) is 2.38. The van der Waals surface area contributed by atoms with Gasteiger partial charge < -0.3 is 11.1 Å². The second-order valence-corrected chi connectivity index (χ2v) is 6.57. The quantitative estimate of drug-likeness (QED) is 0.781. The zero-order valence-corrected chi connectivity index (χ0v) is 11.3. The number of nitriles is 1. The molecule has 6 heteroatoms. The fourth-order valence-corrected chi connectivity index (χ4v) is 2.71. The molecule has 0 bridgehead atoms. The largest absolute Gasteiger partial charge is 0.398 e. The van der Waals surface area contributed by atoms with E-state index in [0.717, 1.165) is 11.3 Å². The highest BCUT2D eigenvalue weighted by molar-refractivity contribution is 7.90. The van der Waals surface area contributed by atoms with Crippen molar-refractivity contribution in [3.05, 3.63) is 23.8 Å². The Morgan fingerprint density at radius 3 is 2.72 bits per heavy atom. The van der Waals surface area contributed by atoms with Gasteiger partial charge in [0.25, 0.3) is 0 Å². The van der Waals surface area contributed by atoms with Crippen molar-refractivity contribution in [1.29, 1.82) is 5.26 Å². The van der Waals surface area contributed by atoms with Gasteiger partial charge in [0.05, 0.1) is 18.2 Å². The van der Waals surface area contributed by atoms with Crippen molar-refractivity contribution < 1.29 is 8.42 Å². The first-order valence-corrected chi connectivity index (χ1v) is 7.57. The molecule has 1 atom stereocenters. The van der Waals surface area contributed by atoms with E-state index >= 15 is 0 Å². The Labute approximate surface area is 108 Å². The smallest absolute Gasteiger partial charge is 0.149 e. The molecule has 0 aliphatic rings. The van der Waals surface area contributed by atoms with E-state index in [4.69, 9.17) is 11.0 Å². The molecule has 98 valence electrons. The highest BCUT2D eigenvalue weighted by Crippen LogP contribution is 2.19. The highest BCUT2D eigenvalue weighted by atomic mass is 32.2. The number of anilines is 2. The van der Waals surface area contributed by atoms with E-state index < -0.39 is 9.84 Å². The average Bonchev–Trinajstić information content (AvgIpc) is 2.20. The number of sulfone groups is 1. The lowest BCUT2D eigenvalue weighted by molar-refractivity contribution is 0.598. The minimum atomic E-state index is -3.01. The van der Waals surface area contributed by atoms with Crippen LogP contribution in [0.5, 0.6) is 0 Å². The van der Waals surface area contributed by atoms with Gasteiger partial charge in [0.2, 0.25) is 0 Å². The van der Waals surface area contributed by atoms with E-state index in [1.54, 1.807) is 25.1 Å². The Morgan fingerprint density at radius 1 is 1.50 bits per heavy atom. The fraction of sp³-hybridized carbons (Fsp3) is 0.417. The van der Waals surface area contributed by atoms with Crippen LogP contribution < -0.4 is 11.1 Å². The minimum Gasteiger partial charge on any atom is -0.398 e. The zero-order valence-electron chi connectivity index (χ0n) is 10.5. The molecular weight excluding hydrogens is 250 g/mol. The molecule has 0 radical (unpaired) electrons. The van der Waals surface area contributed by atoms with Crippen LogP contribution in [0.2, 0.25) is 0 Å². The fourth-order valence-electron chi connectivity index (χ4n) is 1.71. The molecular formula is C12H17N3O2S. The van der Waals surface area contributed by atoms with E-state index in [9.17, 15) is 8.42 Å². The molecule has 0 saturated heterocycles. The number of benzene rings is 1. The SMILES string of the molecule is CC(CS(C)(=O)=O)Nc1ccc(N)c(CC#N)c1. The molecule has 0 aromatic heterocycles. The van der Waals surface area contributed by atoms with Gasteiger partial charge in [0.1, 0.15) is 9.84 Å². The number of nitrogens with zero attached hydrogens (tertiary/aromatic N) is 1. The topological polar surface area (TPSA) is 96.0 Å². The van der Waals surface area contributed by atoms with Crippen molar-refractivity contribution in [2.24, 2.45) is 0 Å². The van der Waals surface area contributed by atoms with E-state index in [1.165, 1.54) is 6.26 Å². The number of nitrogen functional groups attached to an aromatic ring is 1. The van der Waals surface area contributed by atoms with Crippen LogP contribution >= 0.6 is 0 Å². The Bertz CT molecular complexity index is 561. The molecule has 1 aromatic carbocycles. The molecule has 0 amide bonds. The van der Waals surface area contributed by atoms with Crippen LogP contribution in [0.1, 0.15) is 12.5 Å². The molecule has 0 fully saturated rings. The summed E-state index contributed by atoms with van der Waals surface area (Å²) in [6.45, 7) is 1.79. The van der Waals surface area contributed by atoms with Gasteiger partial charge in [-0.15, -0.1) is 0 Å². The molecule has 0 aliphatic carbocycles. The van der Waals surface area contributed by atoms with Crippen molar-refractivity contribution >= 4 is 21.2 Å². The summed E-state index contributed by atoms with van der Waals surface area (Å²) in [5.74, 6) is 0.0605. The first-order chi connectivity index (χ1) is 8.31. The molecule has 1 aromatic rings. The lowest BCUT2D eigenvalue weighted by Crippen LogP contribution is -2.25. The van der Waals surface area contributed by atoms with Crippen molar-refractivity contribution in [3.63, 3.8) is 0 Å². The van der Waals surface area contributed by atoms with E-state index in [1.807, 2.05) is 6.07 Å². The molecule has 0 spiro atoms. The average molecular weight is 267 g/mol.